The van der Waals surface area contributed by atoms with Gasteiger partial charge in [0.05, 0.1) is 11.2 Å². The van der Waals surface area contributed by atoms with Gasteiger partial charge in [-0.2, -0.15) is 0 Å². The number of fused-ring (bicyclic) bond motifs is 1. The molecule has 1 aromatic carbocycles. The zero-order valence-corrected chi connectivity index (χ0v) is 13.5. The molecule has 0 saturated heterocycles. The molecule has 0 saturated carbocycles. The highest BCUT2D eigenvalue weighted by atomic mass is 32.1. The Morgan fingerprint density at radius 2 is 1.75 bits per heavy atom. The Morgan fingerprint density at radius 3 is 2.20 bits per heavy atom. The van der Waals surface area contributed by atoms with Crippen LogP contribution >= 0.6 is 11.3 Å². The molecule has 0 bridgehead atoms. The molecule has 3 rings (SSSR count). The van der Waals surface area contributed by atoms with Gasteiger partial charge in [0.1, 0.15) is 5.01 Å². The van der Waals surface area contributed by atoms with Crippen LogP contribution in [0.3, 0.4) is 0 Å². The van der Waals surface area contributed by atoms with Crippen LogP contribution in [-0.4, -0.2) is 11.0 Å². The van der Waals surface area contributed by atoms with E-state index in [-0.39, 0.29) is 5.54 Å². The predicted octanol–water partition coefficient (Wildman–Crippen LogP) is 3.75. The molecule has 2 aromatic rings. The molecule has 20 heavy (non-hydrogen) atoms. The van der Waals surface area contributed by atoms with Crippen LogP contribution in [0, 0.1) is 13.8 Å². The van der Waals surface area contributed by atoms with E-state index in [1.807, 2.05) is 11.3 Å². The lowest BCUT2D eigenvalue weighted by Gasteiger charge is -2.30. The Hall–Kier alpha value is -1.19. The molecule has 1 heterocycles. The van der Waals surface area contributed by atoms with E-state index in [1.165, 1.54) is 26.7 Å². The lowest BCUT2D eigenvalue weighted by Crippen LogP contribution is -2.46. The monoisotopic (exact) mass is 286 g/mol. The Morgan fingerprint density at radius 1 is 1.15 bits per heavy atom. The number of aryl methyl sites for hydroxylation is 2. The highest BCUT2D eigenvalue weighted by Gasteiger charge is 2.41. The van der Waals surface area contributed by atoms with Crippen molar-refractivity contribution in [1.29, 1.82) is 0 Å². The van der Waals surface area contributed by atoms with Crippen molar-refractivity contribution in [2.75, 3.05) is 0 Å². The summed E-state index contributed by atoms with van der Waals surface area (Å²) in [5.41, 5.74) is 4.09. The fourth-order valence-corrected chi connectivity index (χ4v) is 4.22. The fraction of sp³-hybridized carbons (Fsp3) is 0.471. The smallest absolute Gasteiger partial charge is 0.114 e. The summed E-state index contributed by atoms with van der Waals surface area (Å²) in [7, 11) is 0. The number of thiazole rings is 1. The standard InChI is InChI=1S/C17H22N2S/c1-11(2)19-17(16-18-12(3)13(4)20-16)9-14-7-5-6-8-15(14)10-17/h5-8,11,19H,9-10H2,1-4H3. The summed E-state index contributed by atoms with van der Waals surface area (Å²) >= 11 is 1.85. The van der Waals surface area contributed by atoms with Crippen LogP contribution in [0.25, 0.3) is 0 Å². The van der Waals surface area contributed by atoms with Crippen LogP contribution in [0.2, 0.25) is 0 Å². The van der Waals surface area contributed by atoms with Gasteiger partial charge in [0, 0.05) is 10.9 Å². The Bertz CT molecular complexity index is 583. The highest BCUT2D eigenvalue weighted by Crippen LogP contribution is 2.40. The lowest BCUT2D eigenvalue weighted by molar-refractivity contribution is 0.317. The molecule has 1 aliphatic rings. The van der Waals surface area contributed by atoms with Crippen LogP contribution in [0.1, 0.15) is 40.6 Å². The molecule has 0 unspecified atom stereocenters. The number of aromatic nitrogens is 1. The Kier molecular flexibility index (Phi) is 3.43. The van der Waals surface area contributed by atoms with Crippen molar-refractivity contribution in [2.24, 2.45) is 0 Å². The zero-order chi connectivity index (χ0) is 14.3. The van der Waals surface area contributed by atoms with Crippen molar-refractivity contribution in [2.45, 2.75) is 52.1 Å². The number of hydrogen-bond donors (Lipinski definition) is 1. The molecular formula is C17H22N2S. The molecule has 3 heteroatoms. The Balaban J connectivity index is 2.04. The second-order valence-corrected chi connectivity index (χ2v) is 7.37. The summed E-state index contributed by atoms with van der Waals surface area (Å²) in [6.07, 6.45) is 2.10. The average Bonchev–Trinajstić information content (AvgIpc) is 2.90. The molecule has 0 radical (unpaired) electrons. The van der Waals surface area contributed by atoms with E-state index in [0.717, 1.165) is 12.8 Å². The number of nitrogens with zero attached hydrogens (tertiary/aromatic N) is 1. The second kappa shape index (κ2) is 4.97. The number of hydrogen-bond acceptors (Lipinski definition) is 3. The van der Waals surface area contributed by atoms with Gasteiger partial charge in [-0.3, -0.25) is 0 Å². The van der Waals surface area contributed by atoms with Crippen molar-refractivity contribution in [3.05, 3.63) is 51.0 Å². The van der Waals surface area contributed by atoms with E-state index in [1.54, 1.807) is 0 Å². The minimum Gasteiger partial charge on any atom is -0.303 e. The van der Waals surface area contributed by atoms with Crippen molar-refractivity contribution < 1.29 is 0 Å². The largest absolute Gasteiger partial charge is 0.303 e. The molecule has 1 aromatic heterocycles. The minimum absolute atomic E-state index is 0.0124. The van der Waals surface area contributed by atoms with Crippen molar-refractivity contribution in [3.63, 3.8) is 0 Å². The summed E-state index contributed by atoms with van der Waals surface area (Å²) < 4.78 is 0. The summed E-state index contributed by atoms with van der Waals surface area (Å²) in [5.74, 6) is 0. The van der Waals surface area contributed by atoms with Crippen molar-refractivity contribution in [3.8, 4) is 0 Å². The van der Waals surface area contributed by atoms with Gasteiger partial charge >= 0.3 is 0 Å². The van der Waals surface area contributed by atoms with Crippen LogP contribution in [0.15, 0.2) is 24.3 Å². The first kappa shape index (κ1) is 13.8. The first-order chi connectivity index (χ1) is 9.50. The fourth-order valence-electron chi connectivity index (χ4n) is 3.16. The molecule has 0 fully saturated rings. The van der Waals surface area contributed by atoms with Crippen LogP contribution in [-0.2, 0) is 18.4 Å². The van der Waals surface area contributed by atoms with E-state index in [4.69, 9.17) is 4.98 Å². The molecule has 0 atom stereocenters. The molecule has 106 valence electrons. The quantitative estimate of drug-likeness (QED) is 0.929. The molecule has 0 amide bonds. The van der Waals surface area contributed by atoms with Crippen molar-refractivity contribution in [1.82, 2.24) is 10.3 Å². The van der Waals surface area contributed by atoms with Crippen LogP contribution in [0.5, 0.6) is 0 Å². The van der Waals surface area contributed by atoms with E-state index < -0.39 is 0 Å². The molecule has 0 aliphatic heterocycles. The van der Waals surface area contributed by atoms with Gasteiger partial charge in [-0.15, -0.1) is 11.3 Å². The maximum Gasteiger partial charge on any atom is 0.114 e. The van der Waals surface area contributed by atoms with Gasteiger partial charge < -0.3 is 5.32 Å². The zero-order valence-electron chi connectivity index (χ0n) is 12.7. The van der Waals surface area contributed by atoms with Crippen molar-refractivity contribution >= 4 is 11.3 Å². The molecule has 1 aliphatic carbocycles. The highest BCUT2D eigenvalue weighted by molar-refractivity contribution is 7.11. The third-order valence-corrected chi connectivity index (χ3v) is 5.38. The summed E-state index contributed by atoms with van der Waals surface area (Å²) in [5, 5.41) is 5.05. The topological polar surface area (TPSA) is 24.9 Å². The first-order valence-electron chi connectivity index (χ1n) is 7.29. The van der Waals surface area contributed by atoms with E-state index in [0.29, 0.717) is 6.04 Å². The van der Waals surface area contributed by atoms with Crippen LogP contribution < -0.4 is 5.32 Å². The van der Waals surface area contributed by atoms with E-state index >= 15 is 0 Å². The van der Waals surface area contributed by atoms with Gasteiger partial charge in [0.15, 0.2) is 0 Å². The molecule has 0 spiro atoms. The predicted molar refractivity (Wildman–Crippen MR) is 85.4 cm³/mol. The number of benzene rings is 1. The molecule has 1 N–H and O–H groups in total. The van der Waals surface area contributed by atoms with E-state index in [9.17, 15) is 0 Å². The van der Waals surface area contributed by atoms with Gasteiger partial charge in [-0.05, 0) is 51.7 Å². The van der Waals surface area contributed by atoms with Gasteiger partial charge in [-0.25, -0.2) is 4.98 Å². The normalized spacial score (nSPS) is 16.6. The van der Waals surface area contributed by atoms with Gasteiger partial charge in [0.25, 0.3) is 0 Å². The first-order valence-corrected chi connectivity index (χ1v) is 8.11. The SMILES string of the molecule is Cc1nc(C2(NC(C)C)Cc3ccccc3C2)sc1C. The Labute approximate surface area is 125 Å². The number of nitrogens with one attached hydrogen (secondary N) is 1. The minimum atomic E-state index is -0.0124. The summed E-state index contributed by atoms with van der Waals surface area (Å²) in [6.45, 7) is 8.72. The summed E-state index contributed by atoms with van der Waals surface area (Å²) in [6, 6.07) is 9.25. The lowest BCUT2D eigenvalue weighted by atomic mass is 9.95. The third-order valence-electron chi connectivity index (χ3n) is 4.11. The maximum absolute atomic E-state index is 4.86. The average molecular weight is 286 g/mol. The maximum atomic E-state index is 4.86. The van der Waals surface area contributed by atoms with E-state index in [2.05, 4.69) is 57.3 Å². The molecule has 2 nitrogen and oxygen atoms in total. The number of rotatable bonds is 3. The second-order valence-electron chi connectivity index (χ2n) is 6.16. The van der Waals surface area contributed by atoms with Gasteiger partial charge in [0.2, 0.25) is 0 Å². The van der Waals surface area contributed by atoms with Crippen LogP contribution in [0.4, 0.5) is 0 Å². The summed E-state index contributed by atoms with van der Waals surface area (Å²) in [4.78, 5) is 6.19. The molecular weight excluding hydrogens is 264 g/mol. The third kappa shape index (κ3) is 2.29. The van der Waals surface area contributed by atoms with Gasteiger partial charge in [-0.1, -0.05) is 24.3 Å².